The Bertz CT molecular complexity index is 1080. The molecule has 0 saturated heterocycles. The number of fused-ring (bicyclic) bond motifs is 1. The van der Waals surface area contributed by atoms with Gasteiger partial charge in [-0.3, -0.25) is 9.78 Å². The third-order valence-corrected chi connectivity index (χ3v) is 4.76. The molecule has 1 aromatic heterocycles. The van der Waals surface area contributed by atoms with E-state index in [2.05, 4.69) is 40.7 Å². The van der Waals surface area contributed by atoms with Crippen LogP contribution >= 0.6 is 27.5 Å². The van der Waals surface area contributed by atoms with Gasteiger partial charge in [0, 0.05) is 10.0 Å². The SMILES string of the molecule is CC.O=C(Nc1cnc(-c2cc3c(cc2Br)OC(F)(F)O3)cn1)c1ccccc1Cl. The van der Waals surface area contributed by atoms with Crippen LogP contribution in [0, 0.1) is 0 Å². The summed E-state index contributed by atoms with van der Waals surface area (Å²) < 4.78 is 35.7. The Labute approximate surface area is 184 Å². The van der Waals surface area contributed by atoms with Gasteiger partial charge in [-0.25, -0.2) is 4.98 Å². The highest BCUT2D eigenvalue weighted by Crippen LogP contribution is 2.45. The van der Waals surface area contributed by atoms with Crippen molar-refractivity contribution in [1.82, 2.24) is 9.97 Å². The van der Waals surface area contributed by atoms with Crippen LogP contribution in [0.1, 0.15) is 24.2 Å². The quantitative estimate of drug-likeness (QED) is 0.468. The first-order chi connectivity index (χ1) is 14.3. The summed E-state index contributed by atoms with van der Waals surface area (Å²) in [5.74, 6) is -0.422. The molecule has 2 aromatic carbocycles. The number of nitrogens with zero attached hydrogens (tertiary/aromatic N) is 2. The Morgan fingerprint density at radius 2 is 1.77 bits per heavy atom. The smallest absolute Gasteiger partial charge is 0.395 e. The molecule has 4 rings (SSSR count). The number of nitrogens with one attached hydrogen (secondary N) is 1. The zero-order valence-electron chi connectivity index (χ0n) is 15.7. The molecule has 0 radical (unpaired) electrons. The molecule has 30 heavy (non-hydrogen) atoms. The van der Waals surface area contributed by atoms with E-state index in [1.54, 1.807) is 24.3 Å². The first kappa shape index (κ1) is 21.9. The number of carbonyl (C=O) groups is 1. The Morgan fingerprint density at radius 1 is 1.10 bits per heavy atom. The van der Waals surface area contributed by atoms with Gasteiger partial charge in [-0.05, 0) is 40.2 Å². The van der Waals surface area contributed by atoms with Crippen molar-refractivity contribution in [3.05, 3.63) is 63.9 Å². The Morgan fingerprint density at radius 3 is 2.40 bits per heavy atom. The van der Waals surface area contributed by atoms with Crippen LogP contribution in [0.2, 0.25) is 5.02 Å². The lowest BCUT2D eigenvalue weighted by molar-refractivity contribution is -0.286. The maximum Gasteiger partial charge on any atom is 0.586 e. The molecule has 0 saturated carbocycles. The van der Waals surface area contributed by atoms with Crippen molar-refractivity contribution >= 4 is 39.3 Å². The molecule has 156 valence electrons. The second kappa shape index (κ2) is 8.93. The number of hydrogen-bond acceptors (Lipinski definition) is 5. The Balaban J connectivity index is 0.00000124. The lowest BCUT2D eigenvalue weighted by Gasteiger charge is -2.08. The molecule has 0 fully saturated rings. The van der Waals surface area contributed by atoms with Gasteiger partial charge in [0.2, 0.25) is 0 Å². The van der Waals surface area contributed by atoms with Crippen LogP contribution in [-0.2, 0) is 0 Å². The molecule has 0 bridgehead atoms. The van der Waals surface area contributed by atoms with Crippen molar-refractivity contribution in [3.63, 3.8) is 0 Å². The van der Waals surface area contributed by atoms with E-state index in [4.69, 9.17) is 11.6 Å². The van der Waals surface area contributed by atoms with Gasteiger partial charge in [0.15, 0.2) is 17.3 Å². The normalized spacial score (nSPS) is 13.3. The molecule has 10 heteroatoms. The second-order valence-electron chi connectivity index (χ2n) is 5.67. The summed E-state index contributed by atoms with van der Waals surface area (Å²) in [5, 5.41) is 2.90. The third kappa shape index (κ3) is 4.68. The van der Waals surface area contributed by atoms with E-state index in [0.29, 0.717) is 26.3 Å². The van der Waals surface area contributed by atoms with Gasteiger partial charge in [-0.2, -0.15) is 0 Å². The number of alkyl halides is 2. The van der Waals surface area contributed by atoms with Crippen molar-refractivity contribution in [1.29, 1.82) is 0 Å². The molecular weight excluding hydrogens is 484 g/mol. The van der Waals surface area contributed by atoms with Crippen LogP contribution in [0.25, 0.3) is 11.3 Å². The van der Waals surface area contributed by atoms with E-state index >= 15 is 0 Å². The van der Waals surface area contributed by atoms with Crippen molar-refractivity contribution in [2.24, 2.45) is 0 Å². The number of anilines is 1. The van der Waals surface area contributed by atoms with Crippen molar-refractivity contribution < 1.29 is 23.0 Å². The first-order valence-corrected chi connectivity index (χ1v) is 9.97. The lowest BCUT2D eigenvalue weighted by Crippen LogP contribution is -2.25. The summed E-state index contributed by atoms with van der Waals surface area (Å²) in [6.45, 7) is 4.00. The van der Waals surface area contributed by atoms with Crippen LogP contribution < -0.4 is 14.8 Å². The standard InChI is InChI=1S/C18H9BrClF2N3O3.C2H6/c19-11-6-15-14(27-18(21,22)28-15)5-10(11)13-7-24-16(8-23-13)25-17(26)9-3-1-2-4-12(9)20;1-2/h1-8H,(H,24,25,26);1-2H3. The number of benzene rings is 2. The van der Waals surface area contributed by atoms with E-state index in [-0.39, 0.29) is 17.3 Å². The molecule has 0 spiro atoms. The maximum absolute atomic E-state index is 13.2. The number of aromatic nitrogens is 2. The van der Waals surface area contributed by atoms with Crippen molar-refractivity contribution in [3.8, 4) is 22.8 Å². The van der Waals surface area contributed by atoms with Gasteiger partial charge in [0.25, 0.3) is 5.91 Å². The molecule has 1 amide bonds. The highest BCUT2D eigenvalue weighted by molar-refractivity contribution is 9.10. The first-order valence-electron chi connectivity index (χ1n) is 8.80. The summed E-state index contributed by atoms with van der Waals surface area (Å²) >= 11 is 9.29. The fraction of sp³-hybridized carbons (Fsp3) is 0.150. The van der Waals surface area contributed by atoms with Crippen LogP contribution in [-0.4, -0.2) is 22.2 Å². The molecule has 1 aliphatic heterocycles. The molecule has 3 aromatic rings. The number of ether oxygens (including phenoxy) is 2. The van der Waals surface area contributed by atoms with E-state index in [0.717, 1.165) is 0 Å². The highest BCUT2D eigenvalue weighted by Gasteiger charge is 2.43. The minimum Gasteiger partial charge on any atom is -0.395 e. The van der Waals surface area contributed by atoms with Gasteiger partial charge >= 0.3 is 6.29 Å². The van der Waals surface area contributed by atoms with Crippen molar-refractivity contribution in [2.45, 2.75) is 20.1 Å². The predicted octanol–water partition coefficient (Wildman–Crippen LogP) is 6.16. The van der Waals surface area contributed by atoms with Crippen LogP contribution in [0.15, 0.2) is 53.3 Å². The van der Waals surface area contributed by atoms with Crippen molar-refractivity contribution in [2.75, 3.05) is 5.32 Å². The Hall–Kier alpha value is -2.78. The molecule has 0 atom stereocenters. The zero-order valence-corrected chi connectivity index (χ0v) is 18.1. The predicted molar refractivity (Wildman–Crippen MR) is 112 cm³/mol. The number of halogens is 4. The average Bonchev–Trinajstić information content (AvgIpc) is 3.02. The summed E-state index contributed by atoms with van der Waals surface area (Å²) in [7, 11) is 0. The minimum absolute atomic E-state index is 0.0859. The van der Waals surface area contributed by atoms with Crippen LogP contribution in [0.3, 0.4) is 0 Å². The maximum atomic E-state index is 13.2. The molecule has 0 unspecified atom stereocenters. The number of hydrogen-bond donors (Lipinski definition) is 1. The molecular formula is C20H15BrClF2N3O3. The fourth-order valence-corrected chi connectivity index (χ4v) is 3.28. The van der Waals surface area contributed by atoms with Crippen LogP contribution in [0.4, 0.5) is 14.6 Å². The third-order valence-electron chi connectivity index (χ3n) is 3.78. The van der Waals surface area contributed by atoms with Gasteiger partial charge < -0.3 is 14.8 Å². The monoisotopic (exact) mass is 497 g/mol. The minimum atomic E-state index is -3.71. The number of rotatable bonds is 3. The highest BCUT2D eigenvalue weighted by atomic mass is 79.9. The molecule has 1 N–H and O–H groups in total. The number of carbonyl (C=O) groups excluding carboxylic acids is 1. The van der Waals surface area contributed by atoms with Crippen LogP contribution in [0.5, 0.6) is 11.5 Å². The molecule has 1 aliphatic rings. The van der Waals surface area contributed by atoms with E-state index in [9.17, 15) is 13.6 Å². The second-order valence-corrected chi connectivity index (χ2v) is 6.93. The largest absolute Gasteiger partial charge is 0.586 e. The van der Waals surface area contributed by atoms with Gasteiger partial charge in [0.05, 0.1) is 28.7 Å². The van der Waals surface area contributed by atoms with Gasteiger partial charge in [-0.1, -0.05) is 37.6 Å². The van der Waals surface area contributed by atoms with Gasteiger partial charge in [0.1, 0.15) is 0 Å². The molecule has 6 nitrogen and oxygen atoms in total. The summed E-state index contributed by atoms with van der Waals surface area (Å²) in [4.78, 5) is 20.6. The summed E-state index contributed by atoms with van der Waals surface area (Å²) in [5.41, 5.74) is 1.15. The average molecular weight is 499 g/mol. The Kier molecular flexibility index (Phi) is 6.52. The summed E-state index contributed by atoms with van der Waals surface area (Å²) in [6, 6.07) is 9.32. The molecule has 2 heterocycles. The zero-order chi connectivity index (χ0) is 21.9. The van der Waals surface area contributed by atoms with E-state index in [1.807, 2.05) is 13.8 Å². The molecule has 0 aliphatic carbocycles. The number of amides is 1. The fourth-order valence-electron chi connectivity index (χ4n) is 2.53. The topological polar surface area (TPSA) is 73.3 Å². The summed E-state index contributed by atoms with van der Waals surface area (Å²) in [6.07, 6.45) is -0.975. The van der Waals surface area contributed by atoms with E-state index in [1.165, 1.54) is 24.5 Å². The van der Waals surface area contributed by atoms with Gasteiger partial charge in [-0.15, -0.1) is 8.78 Å². The van der Waals surface area contributed by atoms with E-state index < -0.39 is 12.2 Å². The lowest BCUT2D eigenvalue weighted by atomic mass is 10.1.